The maximum atomic E-state index is 13.1. The number of hydrogen-bond donors (Lipinski definition) is 1. The van der Waals surface area contributed by atoms with E-state index >= 15 is 0 Å². The summed E-state index contributed by atoms with van der Waals surface area (Å²) in [6, 6.07) is 6.72. The third-order valence-corrected chi connectivity index (χ3v) is 3.67. The molecule has 0 saturated carbocycles. The Morgan fingerprint density at radius 3 is 2.71 bits per heavy atom. The maximum absolute atomic E-state index is 13.1. The maximum Gasteiger partial charge on any atom is 0.342 e. The number of halogens is 3. The molecule has 126 valence electrons. The smallest absolute Gasteiger partial charge is 0.342 e. The number of anilines is 1. The van der Waals surface area contributed by atoms with E-state index in [1.54, 1.807) is 6.92 Å². The van der Waals surface area contributed by atoms with Gasteiger partial charge in [0.15, 0.2) is 6.10 Å². The number of rotatable bonds is 5. The van der Waals surface area contributed by atoms with Gasteiger partial charge in [0.1, 0.15) is 11.0 Å². The van der Waals surface area contributed by atoms with Crippen LogP contribution < -0.4 is 5.32 Å². The fourth-order valence-corrected chi connectivity index (χ4v) is 2.23. The highest BCUT2D eigenvalue weighted by molar-refractivity contribution is 6.32. The lowest BCUT2D eigenvalue weighted by atomic mass is 10.2. The van der Waals surface area contributed by atoms with E-state index in [2.05, 4.69) is 10.3 Å². The normalized spacial score (nSPS) is 11.7. The van der Waals surface area contributed by atoms with E-state index in [0.29, 0.717) is 5.69 Å². The minimum Gasteiger partial charge on any atom is -0.449 e. The van der Waals surface area contributed by atoms with Gasteiger partial charge < -0.3 is 10.1 Å². The SMILES string of the molecule is CCC(OC(=O)c1cccnc1Cl)C(=O)Nc1ccc(F)c(Cl)c1. The van der Waals surface area contributed by atoms with Crippen LogP contribution in [-0.2, 0) is 9.53 Å². The molecule has 24 heavy (non-hydrogen) atoms. The van der Waals surface area contributed by atoms with Crippen LogP contribution in [0.1, 0.15) is 23.7 Å². The van der Waals surface area contributed by atoms with E-state index in [-0.39, 0.29) is 22.2 Å². The molecule has 5 nitrogen and oxygen atoms in total. The molecule has 0 aliphatic rings. The van der Waals surface area contributed by atoms with E-state index in [1.165, 1.54) is 30.5 Å². The quantitative estimate of drug-likeness (QED) is 0.635. The number of nitrogens with one attached hydrogen (secondary N) is 1. The Labute approximate surface area is 147 Å². The number of benzene rings is 1. The molecule has 8 heteroatoms. The number of hydrogen-bond acceptors (Lipinski definition) is 4. The van der Waals surface area contributed by atoms with Crippen molar-refractivity contribution in [1.82, 2.24) is 4.98 Å². The number of carbonyl (C=O) groups is 2. The number of carbonyl (C=O) groups excluding carboxylic acids is 2. The Hall–Kier alpha value is -2.18. The molecule has 1 aromatic heterocycles. The van der Waals surface area contributed by atoms with Gasteiger partial charge in [0, 0.05) is 11.9 Å². The van der Waals surface area contributed by atoms with Crippen molar-refractivity contribution in [3.63, 3.8) is 0 Å². The van der Waals surface area contributed by atoms with Gasteiger partial charge in [-0.3, -0.25) is 4.79 Å². The molecule has 1 unspecified atom stereocenters. The Morgan fingerprint density at radius 2 is 2.08 bits per heavy atom. The Kier molecular flexibility index (Phi) is 6.11. The van der Waals surface area contributed by atoms with Gasteiger partial charge in [0.05, 0.1) is 10.6 Å². The molecule has 1 heterocycles. The number of ether oxygens (including phenoxy) is 1. The molecule has 2 aromatic rings. The van der Waals surface area contributed by atoms with Gasteiger partial charge in [0.2, 0.25) is 0 Å². The number of nitrogens with zero attached hydrogens (tertiary/aromatic N) is 1. The summed E-state index contributed by atoms with van der Waals surface area (Å²) in [5.41, 5.74) is 0.357. The van der Waals surface area contributed by atoms with Crippen molar-refractivity contribution in [2.75, 3.05) is 5.32 Å². The number of aromatic nitrogens is 1. The Bertz CT molecular complexity index is 771. The van der Waals surface area contributed by atoms with Gasteiger partial charge in [-0.15, -0.1) is 0 Å². The molecule has 2 rings (SSSR count). The van der Waals surface area contributed by atoms with E-state index in [4.69, 9.17) is 27.9 Å². The van der Waals surface area contributed by atoms with E-state index in [0.717, 1.165) is 6.07 Å². The van der Waals surface area contributed by atoms with Gasteiger partial charge in [-0.1, -0.05) is 30.1 Å². The lowest BCUT2D eigenvalue weighted by molar-refractivity contribution is -0.124. The molecular weight excluding hydrogens is 358 g/mol. The molecule has 1 aromatic carbocycles. The summed E-state index contributed by atoms with van der Waals surface area (Å²) in [6.45, 7) is 1.68. The van der Waals surface area contributed by atoms with Crippen molar-refractivity contribution in [2.24, 2.45) is 0 Å². The van der Waals surface area contributed by atoms with Crippen LogP contribution in [0.25, 0.3) is 0 Å². The summed E-state index contributed by atoms with van der Waals surface area (Å²) in [6.07, 6.45) is 0.629. The van der Waals surface area contributed by atoms with Crippen LogP contribution in [-0.4, -0.2) is 23.0 Å². The number of esters is 1. The third-order valence-electron chi connectivity index (χ3n) is 3.08. The lowest BCUT2D eigenvalue weighted by Crippen LogP contribution is -2.32. The van der Waals surface area contributed by atoms with Crippen molar-refractivity contribution in [3.05, 3.63) is 58.1 Å². The van der Waals surface area contributed by atoms with Gasteiger partial charge >= 0.3 is 5.97 Å². The second kappa shape index (κ2) is 8.08. The van der Waals surface area contributed by atoms with Gasteiger partial charge in [-0.2, -0.15) is 0 Å². The molecular formula is C16H13Cl2FN2O3. The Morgan fingerprint density at radius 1 is 1.33 bits per heavy atom. The minimum atomic E-state index is -1.04. The summed E-state index contributed by atoms with van der Waals surface area (Å²) in [5.74, 6) is -1.92. The van der Waals surface area contributed by atoms with Crippen molar-refractivity contribution in [2.45, 2.75) is 19.4 Å². The highest BCUT2D eigenvalue weighted by Crippen LogP contribution is 2.20. The number of pyridine rings is 1. The average Bonchev–Trinajstić information content (AvgIpc) is 2.56. The molecule has 0 spiro atoms. The summed E-state index contributed by atoms with van der Waals surface area (Å²) in [7, 11) is 0. The molecule has 1 N–H and O–H groups in total. The van der Waals surface area contributed by atoms with Gasteiger partial charge in [-0.25, -0.2) is 14.2 Å². The first-order valence-corrected chi connectivity index (χ1v) is 7.75. The van der Waals surface area contributed by atoms with Crippen LogP contribution in [0.15, 0.2) is 36.5 Å². The monoisotopic (exact) mass is 370 g/mol. The van der Waals surface area contributed by atoms with Crippen LogP contribution >= 0.6 is 23.2 Å². The molecule has 0 radical (unpaired) electrons. The van der Waals surface area contributed by atoms with Crippen molar-refractivity contribution in [1.29, 1.82) is 0 Å². The van der Waals surface area contributed by atoms with Crippen LogP contribution in [0, 0.1) is 5.82 Å². The molecule has 1 atom stereocenters. The minimum absolute atomic E-state index is 0.0110. The van der Waals surface area contributed by atoms with Crippen LogP contribution in [0.4, 0.5) is 10.1 Å². The Balaban J connectivity index is 2.07. The second-order valence-electron chi connectivity index (χ2n) is 4.76. The molecule has 0 fully saturated rings. The lowest BCUT2D eigenvalue weighted by Gasteiger charge is -2.16. The average molecular weight is 371 g/mol. The largest absolute Gasteiger partial charge is 0.449 e. The zero-order valence-corrected chi connectivity index (χ0v) is 14.1. The first-order valence-electron chi connectivity index (χ1n) is 6.99. The van der Waals surface area contributed by atoms with Crippen LogP contribution in [0.5, 0.6) is 0 Å². The van der Waals surface area contributed by atoms with E-state index < -0.39 is 23.8 Å². The summed E-state index contributed by atoms with van der Waals surface area (Å²) in [4.78, 5) is 28.1. The molecule has 0 aliphatic heterocycles. The second-order valence-corrected chi connectivity index (χ2v) is 5.53. The summed E-state index contributed by atoms with van der Waals surface area (Å²) >= 11 is 11.5. The van der Waals surface area contributed by atoms with Gasteiger partial charge in [-0.05, 0) is 36.8 Å². The fraction of sp³-hybridized carbons (Fsp3) is 0.188. The predicted octanol–water partition coefficient (Wildman–Crippen LogP) is 4.10. The van der Waals surface area contributed by atoms with Crippen molar-refractivity contribution in [3.8, 4) is 0 Å². The highest BCUT2D eigenvalue weighted by Gasteiger charge is 2.23. The standard InChI is InChI=1S/C16H13Cl2FN2O3/c1-2-13(24-16(23)10-4-3-7-20-14(10)18)15(22)21-9-5-6-12(19)11(17)8-9/h3-8,13H,2H2,1H3,(H,21,22). The van der Waals surface area contributed by atoms with E-state index in [9.17, 15) is 14.0 Å². The molecule has 0 bridgehead atoms. The van der Waals surface area contributed by atoms with Crippen LogP contribution in [0.3, 0.4) is 0 Å². The third kappa shape index (κ3) is 4.43. The fourth-order valence-electron chi connectivity index (χ4n) is 1.85. The van der Waals surface area contributed by atoms with Crippen LogP contribution in [0.2, 0.25) is 10.2 Å². The van der Waals surface area contributed by atoms with Gasteiger partial charge in [0.25, 0.3) is 5.91 Å². The summed E-state index contributed by atoms with van der Waals surface area (Å²) < 4.78 is 18.3. The van der Waals surface area contributed by atoms with Crippen molar-refractivity contribution >= 4 is 40.8 Å². The molecule has 0 saturated heterocycles. The predicted molar refractivity (Wildman–Crippen MR) is 88.8 cm³/mol. The molecule has 0 aliphatic carbocycles. The van der Waals surface area contributed by atoms with E-state index in [1.807, 2.05) is 0 Å². The zero-order valence-electron chi connectivity index (χ0n) is 12.6. The first-order chi connectivity index (χ1) is 11.4. The first kappa shape index (κ1) is 18.2. The highest BCUT2D eigenvalue weighted by atomic mass is 35.5. The topological polar surface area (TPSA) is 68.3 Å². The summed E-state index contributed by atoms with van der Waals surface area (Å²) in [5, 5.41) is 2.38. The number of amides is 1. The zero-order chi connectivity index (χ0) is 17.7. The van der Waals surface area contributed by atoms with Crippen molar-refractivity contribution < 1.29 is 18.7 Å². The molecule has 1 amide bonds.